The third-order valence-electron chi connectivity index (χ3n) is 5.03. The van der Waals surface area contributed by atoms with E-state index in [1.807, 2.05) is 53.4 Å². The van der Waals surface area contributed by atoms with Crippen molar-refractivity contribution in [2.45, 2.75) is 25.4 Å². The SMILES string of the molecule is C=C(Cl)COc1cc(CN(C(=O)c2ccc3ccccc3n2)C2CC2)ccc1OC. The molecular formula is C24H23ClN2O3. The van der Waals surface area contributed by atoms with Gasteiger partial charge >= 0.3 is 0 Å². The van der Waals surface area contributed by atoms with Crippen LogP contribution in [0.5, 0.6) is 11.5 Å². The largest absolute Gasteiger partial charge is 0.493 e. The zero-order valence-corrected chi connectivity index (χ0v) is 17.6. The molecule has 4 rings (SSSR count). The third kappa shape index (κ3) is 4.57. The van der Waals surface area contributed by atoms with E-state index in [1.54, 1.807) is 13.2 Å². The number of fused-ring (bicyclic) bond motifs is 1. The van der Waals surface area contributed by atoms with Crippen molar-refractivity contribution in [2.75, 3.05) is 13.7 Å². The fraction of sp³-hybridized carbons (Fsp3) is 0.250. The van der Waals surface area contributed by atoms with Gasteiger partial charge in [-0.15, -0.1) is 0 Å². The molecule has 0 saturated heterocycles. The Bertz CT molecular complexity index is 1090. The smallest absolute Gasteiger partial charge is 0.273 e. The van der Waals surface area contributed by atoms with Crippen LogP contribution in [-0.4, -0.2) is 35.5 Å². The second-order valence-electron chi connectivity index (χ2n) is 7.34. The Kier molecular flexibility index (Phi) is 5.91. The number of hydrogen-bond donors (Lipinski definition) is 0. The number of rotatable bonds is 8. The molecule has 0 bridgehead atoms. The van der Waals surface area contributed by atoms with Crippen molar-refractivity contribution in [3.63, 3.8) is 0 Å². The number of para-hydroxylation sites is 1. The van der Waals surface area contributed by atoms with Crippen LogP contribution < -0.4 is 9.47 Å². The normalized spacial score (nSPS) is 13.1. The Morgan fingerprint density at radius 2 is 1.97 bits per heavy atom. The van der Waals surface area contributed by atoms with Crippen LogP contribution in [0, 0.1) is 0 Å². The lowest BCUT2D eigenvalue weighted by atomic mass is 10.1. The molecule has 1 saturated carbocycles. The maximum atomic E-state index is 13.3. The van der Waals surface area contributed by atoms with Crippen LogP contribution in [0.3, 0.4) is 0 Å². The zero-order chi connectivity index (χ0) is 21.1. The summed E-state index contributed by atoms with van der Waals surface area (Å²) in [5.74, 6) is 1.12. The number of aromatic nitrogens is 1. The highest BCUT2D eigenvalue weighted by Crippen LogP contribution is 2.33. The van der Waals surface area contributed by atoms with Crippen molar-refractivity contribution < 1.29 is 14.3 Å². The summed E-state index contributed by atoms with van der Waals surface area (Å²) in [5.41, 5.74) is 2.23. The van der Waals surface area contributed by atoms with Crippen LogP contribution in [0.1, 0.15) is 28.9 Å². The molecule has 30 heavy (non-hydrogen) atoms. The molecule has 0 atom stereocenters. The second kappa shape index (κ2) is 8.76. The Morgan fingerprint density at radius 3 is 2.70 bits per heavy atom. The molecule has 1 fully saturated rings. The van der Waals surface area contributed by atoms with Gasteiger partial charge in [-0.3, -0.25) is 4.79 Å². The summed E-state index contributed by atoms with van der Waals surface area (Å²) < 4.78 is 11.1. The monoisotopic (exact) mass is 422 g/mol. The van der Waals surface area contributed by atoms with Crippen LogP contribution in [0.4, 0.5) is 0 Å². The standard InChI is InChI=1S/C24H23ClN2O3/c1-16(25)15-30-23-13-17(7-12-22(23)29-2)14-27(19-9-10-19)24(28)21-11-8-18-5-3-4-6-20(18)26-21/h3-8,11-13,19H,1,9-10,14-15H2,2H3. The zero-order valence-electron chi connectivity index (χ0n) is 16.8. The molecule has 0 spiro atoms. The first kappa shape index (κ1) is 20.2. The van der Waals surface area contributed by atoms with Gasteiger partial charge in [0.15, 0.2) is 11.5 Å². The molecule has 0 unspecified atom stereocenters. The van der Waals surface area contributed by atoms with E-state index in [2.05, 4.69) is 11.6 Å². The summed E-state index contributed by atoms with van der Waals surface area (Å²) in [7, 11) is 1.59. The third-order valence-corrected chi connectivity index (χ3v) is 5.14. The summed E-state index contributed by atoms with van der Waals surface area (Å²) in [6, 6.07) is 17.4. The average molecular weight is 423 g/mol. The number of halogens is 1. The number of carbonyl (C=O) groups is 1. The molecule has 3 aromatic rings. The first-order valence-corrected chi connectivity index (χ1v) is 10.2. The van der Waals surface area contributed by atoms with Crippen LogP contribution >= 0.6 is 11.6 Å². The fourth-order valence-corrected chi connectivity index (χ4v) is 3.42. The maximum Gasteiger partial charge on any atom is 0.273 e. The molecule has 0 N–H and O–H groups in total. The topological polar surface area (TPSA) is 51.7 Å². The van der Waals surface area contributed by atoms with Gasteiger partial charge in [0.25, 0.3) is 5.91 Å². The van der Waals surface area contributed by atoms with E-state index in [4.69, 9.17) is 21.1 Å². The molecule has 5 nitrogen and oxygen atoms in total. The van der Waals surface area contributed by atoms with Gasteiger partial charge in [-0.2, -0.15) is 0 Å². The summed E-state index contributed by atoms with van der Waals surface area (Å²) in [6.07, 6.45) is 2.01. The van der Waals surface area contributed by atoms with Crippen molar-refractivity contribution >= 4 is 28.4 Å². The lowest BCUT2D eigenvalue weighted by Crippen LogP contribution is -2.33. The van der Waals surface area contributed by atoms with Crippen LogP contribution in [0.25, 0.3) is 10.9 Å². The number of ether oxygens (including phenoxy) is 2. The Labute approximate surface area is 180 Å². The fourth-order valence-electron chi connectivity index (χ4n) is 3.37. The number of amides is 1. The molecule has 154 valence electrons. The number of nitrogens with zero attached hydrogens (tertiary/aromatic N) is 2. The number of pyridine rings is 1. The van der Waals surface area contributed by atoms with Crippen molar-refractivity contribution in [2.24, 2.45) is 0 Å². The number of benzene rings is 2. The first-order valence-electron chi connectivity index (χ1n) is 9.85. The quantitative estimate of drug-likeness (QED) is 0.502. The van der Waals surface area contributed by atoms with Crippen molar-refractivity contribution in [1.29, 1.82) is 0 Å². The summed E-state index contributed by atoms with van der Waals surface area (Å²) in [4.78, 5) is 19.7. The molecule has 1 aliphatic carbocycles. The van der Waals surface area contributed by atoms with E-state index < -0.39 is 0 Å². The molecule has 2 aromatic carbocycles. The van der Waals surface area contributed by atoms with Gasteiger partial charge in [-0.05, 0) is 42.7 Å². The molecular weight excluding hydrogens is 400 g/mol. The molecule has 1 aliphatic rings. The molecule has 0 radical (unpaired) electrons. The van der Waals surface area contributed by atoms with Crippen LogP contribution in [0.2, 0.25) is 0 Å². The molecule has 1 heterocycles. The predicted molar refractivity (Wildman–Crippen MR) is 118 cm³/mol. The number of hydrogen-bond acceptors (Lipinski definition) is 4. The van der Waals surface area contributed by atoms with Crippen molar-refractivity contribution in [1.82, 2.24) is 9.88 Å². The minimum atomic E-state index is -0.0596. The summed E-state index contributed by atoms with van der Waals surface area (Å²) in [6.45, 7) is 4.31. The van der Waals surface area contributed by atoms with Gasteiger partial charge in [-0.1, -0.05) is 48.5 Å². The van der Waals surface area contributed by atoms with E-state index in [0.717, 1.165) is 29.3 Å². The van der Waals surface area contributed by atoms with Gasteiger partial charge in [0.2, 0.25) is 0 Å². The lowest BCUT2D eigenvalue weighted by molar-refractivity contribution is 0.0724. The van der Waals surface area contributed by atoms with Gasteiger partial charge in [0.1, 0.15) is 12.3 Å². The van der Waals surface area contributed by atoms with Gasteiger partial charge in [0, 0.05) is 23.0 Å². The summed E-state index contributed by atoms with van der Waals surface area (Å²) >= 11 is 5.83. The minimum Gasteiger partial charge on any atom is -0.493 e. The van der Waals surface area contributed by atoms with E-state index in [-0.39, 0.29) is 18.6 Å². The Hall–Kier alpha value is -3.05. The van der Waals surface area contributed by atoms with E-state index in [1.165, 1.54) is 0 Å². The highest BCUT2D eigenvalue weighted by molar-refractivity contribution is 6.29. The predicted octanol–water partition coefficient (Wildman–Crippen LogP) is 5.18. The van der Waals surface area contributed by atoms with Crippen LogP contribution in [0.15, 0.2) is 66.2 Å². The molecule has 0 aliphatic heterocycles. The highest BCUT2D eigenvalue weighted by atomic mass is 35.5. The van der Waals surface area contributed by atoms with Gasteiger partial charge in [-0.25, -0.2) is 4.98 Å². The van der Waals surface area contributed by atoms with Gasteiger partial charge < -0.3 is 14.4 Å². The molecule has 6 heteroatoms. The Balaban J connectivity index is 1.58. The van der Waals surface area contributed by atoms with E-state index in [9.17, 15) is 4.79 Å². The van der Waals surface area contributed by atoms with Gasteiger partial charge in [0.05, 0.1) is 12.6 Å². The molecule has 1 aromatic heterocycles. The number of carbonyl (C=O) groups excluding carboxylic acids is 1. The van der Waals surface area contributed by atoms with E-state index in [0.29, 0.717) is 28.8 Å². The average Bonchev–Trinajstić information content (AvgIpc) is 3.60. The number of methoxy groups -OCH3 is 1. The molecule has 1 amide bonds. The highest BCUT2D eigenvalue weighted by Gasteiger charge is 2.33. The first-order chi connectivity index (χ1) is 14.5. The lowest BCUT2D eigenvalue weighted by Gasteiger charge is -2.23. The van der Waals surface area contributed by atoms with Crippen molar-refractivity contribution in [3.8, 4) is 11.5 Å². The minimum absolute atomic E-state index is 0.0596. The second-order valence-corrected chi connectivity index (χ2v) is 7.88. The van der Waals surface area contributed by atoms with Crippen molar-refractivity contribution in [3.05, 3.63) is 77.5 Å². The maximum absolute atomic E-state index is 13.3. The van der Waals surface area contributed by atoms with Crippen LogP contribution in [-0.2, 0) is 6.54 Å². The Morgan fingerprint density at radius 1 is 1.17 bits per heavy atom. The summed E-state index contributed by atoms with van der Waals surface area (Å²) in [5, 5.41) is 1.42. The van der Waals surface area contributed by atoms with E-state index >= 15 is 0 Å².